The minimum atomic E-state index is -1.15. The van der Waals surface area contributed by atoms with Crippen LogP contribution in [0.15, 0.2) is 42.5 Å². The van der Waals surface area contributed by atoms with Gasteiger partial charge in [-0.25, -0.2) is 13.6 Å². The van der Waals surface area contributed by atoms with Gasteiger partial charge in [0.2, 0.25) is 0 Å². The Hall–Kier alpha value is -2.96. The number of amides is 1. The molecule has 0 radical (unpaired) electrons. The zero-order valence-corrected chi connectivity index (χ0v) is 14.8. The molecule has 138 valence electrons. The first-order valence-electron chi connectivity index (χ1n) is 7.90. The quantitative estimate of drug-likeness (QED) is 0.742. The smallest absolute Gasteiger partial charge is 0.338 e. The van der Waals surface area contributed by atoms with Crippen LogP contribution in [0.5, 0.6) is 0 Å². The van der Waals surface area contributed by atoms with Crippen molar-refractivity contribution in [3.05, 3.63) is 65.2 Å². The van der Waals surface area contributed by atoms with Crippen LogP contribution in [0.2, 0.25) is 0 Å². The lowest BCUT2D eigenvalue weighted by Gasteiger charge is -2.18. The van der Waals surface area contributed by atoms with Gasteiger partial charge in [-0.15, -0.1) is 0 Å². The number of hydrogen-bond donors (Lipinski definition) is 0. The highest BCUT2D eigenvalue weighted by Crippen LogP contribution is 2.14. The summed E-state index contributed by atoms with van der Waals surface area (Å²) in [7, 11) is 5.46. The van der Waals surface area contributed by atoms with Crippen LogP contribution in [-0.2, 0) is 16.1 Å². The zero-order valence-electron chi connectivity index (χ0n) is 14.8. The van der Waals surface area contributed by atoms with E-state index in [2.05, 4.69) is 0 Å². The van der Waals surface area contributed by atoms with Crippen molar-refractivity contribution in [1.82, 2.24) is 4.90 Å². The van der Waals surface area contributed by atoms with Crippen molar-refractivity contribution in [3.63, 3.8) is 0 Å². The average Bonchev–Trinajstić information content (AvgIpc) is 2.62. The number of nitrogens with zero attached hydrogens (tertiary/aromatic N) is 2. The van der Waals surface area contributed by atoms with Crippen LogP contribution in [0.4, 0.5) is 14.5 Å². The number of halogens is 2. The molecule has 0 N–H and O–H groups in total. The van der Waals surface area contributed by atoms with Gasteiger partial charge in [0.25, 0.3) is 5.91 Å². The first-order valence-corrected chi connectivity index (χ1v) is 7.90. The number of carbonyl (C=O) groups excluding carboxylic acids is 2. The number of ether oxygens (including phenoxy) is 1. The van der Waals surface area contributed by atoms with E-state index in [-0.39, 0.29) is 5.56 Å². The first kappa shape index (κ1) is 19.4. The zero-order chi connectivity index (χ0) is 19.3. The second-order valence-corrected chi connectivity index (χ2v) is 6.02. The fourth-order valence-corrected chi connectivity index (χ4v) is 2.21. The van der Waals surface area contributed by atoms with E-state index in [1.807, 2.05) is 43.3 Å². The maximum absolute atomic E-state index is 13.1. The topological polar surface area (TPSA) is 49.9 Å². The van der Waals surface area contributed by atoms with E-state index in [1.165, 1.54) is 4.90 Å². The van der Waals surface area contributed by atoms with Gasteiger partial charge in [0, 0.05) is 33.4 Å². The van der Waals surface area contributed by atoms with Crippen LogP contribution < -0.4 is 4.90 Å². The van der Waals surface area contributed by atoms with Crippen LogP contribution in [0.3, 0.4) is 0 Å². The number of likely N-dealkylation sites (N-methyl/N-ethyl adjacent to an activating group) is 1. The van der Waals surface area contributed by atoms with E-state index >= 15 is 0 Å². The summed E-state index contributed by atoms with van der Waals surface area (Å²) in [6.45, 7) is -0.126. The summed E-state index contributed by atoms with van der Waals surface area (Å²) in [6, 6.07) is 10.4. The lowest BCUT2D eigenvalue weighted by molar-refractivity contribution is -0.133. The Morgan fingerprint density at radius 2 is 1.62 bits per heavy atom. The van der Waals surface area contributed by atoms with Gasteiger partial charge < -0.3 is 14.5 Å². The van der Waals surface area contributed by atoms with Gasteiger partial charge in [0.05, 0.1) is 5.56 Å². The maximum atomic E-state index is 13.1. The number of anilines is 1. The SMILES string of the molecule is CN(Cc1ccc(N(C)C)cc1)C(=O)COC(=O)c1ccc(F)c(F)c1. The predicted octanol–water partition coefficient (Wildman–Crippen LogP) is 2.85. The predicted molar refractivity (Wildman–Crippen MR) is 93.9 cm³/mol. The fraction of sp³-hybridized carbons (Fsp3) is 0.263. The minimum Gasteiger partial charge on any atom is -0.452 e. The third kappa shape index (κ3) is 5.02. The van der Waals surface area contributed by atoms with E-state index in [0.29, 0.717) is 6.54 Å². The Labute approximate surface area is 150 Å². The van der Waals surface area contributed by atoms with Crippen molar-refractivity contribution in [2.75, 3.05) is 32.6 Å². The highest BCUT2D eigenvalue weighted by Gasteiger charge is 2.15. The summed E-state index contributed by atoms with van der Waals surface area (Å²) in [4.78, 5) is 27.3. The Balaban J connectivity index is 1.88. The Bertz CT molecular complexity index is 792. The number of benzene rings is 2. The lowest BCUT2D eigenvalue weighted by atomic mass is 10.2. The third-order valence-electron chi connectivity index (χ3n) is 3.78. The van der Waals surface area contributed by atoms with Crippen LogP contribution in [-0.4, -0.2) is 44.5 Å². The van der Waals surface area contributed by atoms with Crippen molar-refractivity contribution in [2.24, 2.45) is 0 Å². The molecule has 0 saturated carbocycles. The van der Waals surface area contributed by atoms with Crippen molar-refractivity contribution in [3.8, 4) is 0 Å². The molecule has 0 heterocycles. The maximum Gasteiger partial charge on any atom is 0.338 e. The Morgan fingerprint density at radius 3 is 2.19 bits per heavy atom. The van der Waals surface area contributed by atoms with Crippen LogP contribution in [0.25, 0.3) is 0 Å². The van der Waals surface area contributed by atoms with Crippen molar-refractivity contribution >= 4 is 17.6 Å². The molecular formula is C19H20F2N2O3. The van der Waals surface area contributed by atoms with Crippen LogP contribution >= 0.6 is 0 Å². The molecular weight excluding hydrogens is 342 g/mol. The third-order valence-corrected chi connectivity index (χ3v) is 3.78. The van der Waals surface area contributed by atoms with Gasteiger partial charge in [0.15, 0.2) is 18.2 Å². The van der Waals surface area contributed by atoms with Crippen molar-refractivity contribution < 1.29 is 23.1 Å². The second kappa shape index (κ2) is 8.42. The molecule has 0 bridgehead atoms. The van der Waals surface area contributed by atoms with Crippen LogP contribution in [0, 0.1) is 11.6 Å². The van der Waals surface area contributed by atoms with Gasteiger partial charge >= 0.3 is 5.97 Å². The number of esters is 1. The molecule has 2 aromatic rings. The molecule has 0 fully saturated rings. The molecule has 0 saturated heterocycles. The largest absolute Gasteiger partial charge is 0.452 e. The molecule has 5 nitrogen and oxygen atoms in total. The molecule has 0 unspecified atom stereocenters. The summed E-state index contributed by atoms with van der Waals surface area (Å²) < 4.78 is 30.9. The number of carbonyl (C=O) groups is 2. The molecule has 7 heteroatoms. The first-order chi connectivity index (χ1) is 12.3. The highest BCUT2D eigenvalue weighted by molar-refractivity contribution is 5.91. The molecule has 0 aromatic heterocycles. The van der Waals surface area contributed by atoms with E-state index in [4.69, 9.17) is 4.74 Å². The van der Waals surface area contributed by atoms with E-state index < -0.39 is 30.1 Å². The molecule has 2 aromatic carbocycles. The van der Waals surface area contributed by atoms with E-state index in [0.717, 1.165) is 29.4 Å². The van der Waals surface area contributed by atoms with E-state index in [9.17, 15) is 18.4 Å². The molecule has 0 aliphatic rings. The molecule has 0 aliphatic carbocycles. The fourth-order valence-electron chi connectivity index (χ4n) is 2.21. The van der Waals surface area contributed by atoms with E-state index in [1.54, 1.807) is 7.05 Å². The average molecular weight is 362 g/mol. The Morgan fingerprint density at radius 1 is 0.962 bits per heavy atom. The van der Waals surface area contributed by atoms with Crippen molar-refractivity contribution in [1.29, 1.82) is 0 Å². The lowest BCUT2D eigenvalue weighted by Crippen LogP contribution is -2.30. The minimum absolute atomic E-state index is 0.154. The normalized spacial score (nSPS) is 10.3. The summed E-state index contributed by atoms with van der Waals surface area (Å²) in [5, 5.41) is 0. The number of hydrogen-bond acceptors (Lipinski definition) is 4. The van der Waals surface area contributed by atoms with Gasteiger partial charge in [-0.05, 0) is 35.9 Å². The number of rotatable bonds is 6. The molecule has 2 rings (SSSR count). The monoisotopic (exact) mass is 362 g/mol. The van der Waals surface area contributed by atoms with Gasteiger partial charge in [-0.2, -0.15) is 0 Å². The van der Waals surface area contributed by atoms with Crippen molar-refractivity contribution in [2.45, 2.75) is 6.54 Å². The van der Waals surface area contributed by atoms with Crippen LogP contribution in [0.1, 0.15) is 15.9 Å². The standard InChI is InChI=1S/C19H20F2N2O3/c1-22(2)15-7-4-13(5-8-15)11-23(3)18(24)12-26-19(25)14-6-9-16(20)17(21)10-14/h4-10H,11-12H2,1-3H3. The summed E-state index contributed by atoms with van der Waals surface area (Å²) >= 11 is 0. The molecule has 26 heavy (non-hydrogen) atoms. The van der Waals surface area contributed by atoms with Gasteiger partial charge in [-0.1, -0.05) is 12.1 Å². The summed E-state index contributed by atoms with van der Waals surface area (Å²) in [5.74, 6) is -3.50. The van der Waals surface area contributed by atoms with Gasteiger partial charge in [0.1, 0.15) is 0 Å². The van der Waals surface area contributed by atoms with Gasteiger partial charge in [-0.3, -0.25) is 4.79 Å². The Kier molecular flexibility index (Phi) is 6.27. The second-order valence-electron chi connectivity index (χ2n) is 6.02. The molecule has 1 amide bonds. The molecule has 0 atom stereocenters. The molecule has 0 spiro atoms. The molecule has 0 aliphatic heterocycles. The summed E-state index contributed by atoms with van der Waals surface area (Å²) in [5.41, 5.74) is 1.82. The summed E-state index contributed by atoms with van der Waals surface area (Å²) in [6.07, 6.45) is 0. The highest BCUT2D eigenvalue weighted by atomic mass is 19.2.